The molecule has 0 bridgehead atoms. The van der Waals surface area contributed by atoms with Crippen molar-refractivity contribution in [3.8, 4) is 0 Å². The number of carbonyl (C=O) groups is 4. The van der Waals surface area contributed by atoms with Crippen molar-refractivity contribution in [2.45, 2.75) is 118 Å². The van der Waals surface area contributed by atoms with Gasteiger partial charge in [0, 0.05) is 12.2 Å². The molecule has 0 aliphatic rings. The molecular formula is C36H58O11. The lowest BCUT2D eigenvalue weighted by atomic mass is 9.92. The average Bonchev–Trinajstić information content (AvgIpc) is 2.92. The fourth-order valence-corrected chi connectivity index (χ4v) is 5.84. The lowest BCUT2D eigenvalue weighted by Crippen LogP contribution is -2.40. The predicted molar refractivity (Wildman–Crippen MR) is 179 cm³/mol. The minimum absolute atomic E-state index is 0.191. The van der Waals surface area contributed by atoms with Crippen LogP contribution in [0.4, 0.5) is 0 Å². The van der Waals surface area contributed by atoms with Crippen LogP contribution in [0.3, 0.4) is 0 Å². The molecule has 0 aromatic rings. The van der Waals surface area contributed by atoms with Crippen molar-refractivity contribution >= 4 is 23.9 Å². The van der Waals surface area contributed by atoms with E-state index in [-0.39, 0.29) is 18.8 Å². The number of carboxylic acids is 3. The number of carboxylic acid groups (broad SMARTS) is 3. The predicted octanol–water partition coefficient (Wildman–Crippen LogP) is 5.69. The van der Waals surface area contributed by atoms with E-state index >= 15 is 0 Å². The topological polar surface area (TPSA) is 199 Å². The number of ether oxygens (including phenoxy) is 1. The molecule has 0 aromatic heterocycles. The van der Waals surface area contributed by atoms with Crippen molar-refractivity contribution < 1.29 is 54.6 Å². The molecule has 0 fully saturated rings. The Morgan fingerprint density at radius 2 is 1.02 bits per heavy atom. The Labute approximate surface area is 279 Å². The molecule has 268 valence electrons. The van der Waals surface area contributed by atoms with Gasteiger partial charge in [0.2, 0.25) is 0 Å². The third-order valence-electron chi connectivity index (χ3n) is 8.07. The van der Waals surface area contributed by atoms with Crippen molar-refractivity contribution in [1.29, 1.82) is 0 Å². The van der Waals surface area contributed by atoms with E-state index in [2.05, 4.69) is 13.8 Å². The van der Waals surface area contributed by atoms with Gasteiger partial charge in [-0.2, -0.15) is 0 Å². The molecular weight excluding hydrogens is 608 g/mol. The maximum atomic E-state index is 13.0. The van der Waals surface area contributed by atoms with Gasteiger partial charge >= 0.3 is 23.9 Å². The first-order valence-electron chi connectivity index (χ1n) is 16.5. The number of carbonyl (C=O) groups excluding carboxylic acids is 1. The van der Waals surface area contributed by atoms with Gasteiger partial charge < -0.3 is 35.4 Å². The average molecular weight is 667 g/mol. The molecule has 0 spiro atoms. The van der Waals surface area contributed by atoms with Gasteiger partial charge in [0.15, 0.2) is 0 Å². The molecule has 0 aliphatic heterocycles. The van der Waals surface area contributed by atoms with Crippen LogP contribution in [-0.2, 0) is 23.9 Å². The van der Waals surface area contributed by atoms with E-state index in [4.69, 9.17) is 14.9 Å². The van der Waals surface area contributed by atoms with Gasteiger partial charge in [-0.15, -0.1) is 0 Å². The zero-order chi connectivity index (χ0) is 36.1. The second-order valence-electron chi connectivity index (χ2n) is 13.1. The van der Waals surface area contributed by atoms with Crippen molar-refractivity contribution in [2.24, 2.45) is 23.7 Å². The molecule has 0 saturated heterocycles. The Morgan fingerprint density at radius 3 is 1.40 bits per heavy atom. The van der Waals surface area contributed by atoms with Crippen molar-refractivity contribution in [2.75, 3.05) is 13.2 Å². The molecule has 11 heteroatoms. The number of aliphatic carboxylic acids is 3. The summed E-state index contributed by atoms with van der Waals surface area (Å²) in [6, 6.07) is 0. The van der Waals surface area contributed by atoms with Gasteiger partial charge in [0.1, 0.15) is 17.9 Å². The Bertz CT molecular complexity index is 1120. The summed E-state index contributed by atoms with van der Waals surface area (Å²) in [4.78, 5) is 46.4. The molecule has 0 radical (unpaired) electrons. The van der Waals surface area contributed by atoms with Crippen LogP contribution in [0.5, 0.6) is 0 Å². The Hall–Kier alpha value is -3.28. The van der Waals surface area contributed by atoms with E-state index < -0.39 is 61.1 Å². The standard InChI is InChI=1S/C36H58O11/c1-23(15-25(3)17-27(5)19-33(40)41)11-7-9-13-31(39)29(21-37)36(46)47-32(30(22-38)35(44)45)14-10-8-12-24(2)16-26(4)18-28(6)20-34(42)43/h17-20,23-24,29-32,37-39H,7-16,21-22H2,1-6H3,(H,40,41)(H,42,43)(H,44,45)/b25-17+,26-18+,27-19+,28-20+/t23-,24+,29+,30+,31+,32-/m0/s1. The number of aliphatic hydroxyl groups excluding tert-OH is 3. The number of unbranched alkanes of at least 4 members (excludes halogenated alkanes) is 2. The van der Waals surface area contributed by atoms with Crippen LogP contribution < -0.4 is 0 Å². The number of allylic oxidation sites excluding steroid dienone is 6. The zero-order valence-corrected chi connectivity index (χ0v) is 29.0. The molecule has 0 amide bonds. The van der Waals surface area contributed by atoms with Gasteiger partial charge in [-0.1, -0.05) is 69.2 Å². The normalized spacial score (nSPS) is 17.0. The van der Waals surface area contributed by atoms with Crippen molar-refractivity contribution in [1.82, 2.24) is 0 Å². The van der Waals surface area contributed by atoms with Gasteiger partial charge in [0.05, 0.1) is 19.3 Å². The fourth-order valence-electron chi connectivity index (χ4n) is 5.84. The highest BCUT2D eigenvalue weighted by molar-refractivity contribution is 5.81. The molecule has 0 aromatic carbocycles. The first-order chi connectivity index (χ1) is 22.0. The van der Waals surface area contributed by atoms with E-state index in [0.29, 0.717) is 36.3 Å². The van der Waals surface area contributed by atoms with E-state index in [1.165, 1.54) is 0 Å². The summed E-state index contributed by atoms with van der Waals surface area (Å²) in [5.41, 5.74) is 3.42. The third kappa shape index (κ3) is 20.5. The third-order valence-corrected chi connectivity index (χ3v) is 8.07. The smallest absolute Gasteiger partial charge is 0.328 e. The molecule has 6 N–H and O–H groups in total. The van der Waals surface area contributed by atoms with Crippen LogP contribution in [0.25, 0.3) is 0 Å². The summed E-state index contributed by atoms with van der Waals surface area (Å²) in [6.07, 6.45) is 9.91. The molecule has 0 aliphatic carbocycles. The zero-order valence-electron chi connectivity index (χ0n) is 29.0. The molecule has 0 unspecified atom stereocenters. The monoisotopic (exact) mass is 666 g/mol. The summed E-state index contributed by atoms with van der Waals surface area (Å²) in [7, 11) is 0. The lowest BCUT2D eigenvalue weighted by Gasteiger charge is -2.27. The number of rotatable bonds is 25. The second-order valence-corrected chi connectivity index (χ2v) is 13.1. The maximum absolute atomic E-state index is 13.0. The van der Waals surface area contributed by atoms with Gasteiger partial charge in [-0.05, 0) is 82.8 Å². The SMILES string of the molecule is CC(=C\C(=O)O)/C=C(\C)C[C@H](C)CCCC[C@H](OC(=O)[C@H](CO)[C@H](O)CCCC[C@H](C)C/C(C)=C/C(C)=C/C(=O)O)[C@@H](CO)C(=O)O. The second kappa shape index (κ2) is 23.9. The Balaban J connectivity index is 5.02. The van der Waals surface area contributed by atoms with E-state index in [1.807, 2.05) is 26.0 Å². The summed E-state index contributed by atoms with van der Waals surface area (Å²) in [6.45, 7) is 10.1. The van der Waals surface area contributed by atoms with E-state index in [0.717, 1.165) is 55.4 Å². The van der Waals surface area contributed by atoms with E-state index in [1.54, 1.807) is 13.8 Å². The molecule has 0 rings (SSSR count). The maximum Gasteiger partial charge on any atom is 0.328 e. The van der Waals surface area contributed by atoms with Crippen LogP contribution in [0.2, 0.25) is 0 Å². The van der Waals surface area contributed by atoms with Crippen LogP contribution in [-0.4, -0.2) is 79.9 Å². The number of hydrogen-bond acceptors (Lipinski definition) is 8. The molecule has 0 saturated carbocycles. The number of aliphatic hydroxyl groups is 3. The molecule has 0 heterocycles. The first-order valence-corrected chi connectivity index (χ1v) is 16.5. The van der Waals surface area contributed by atoms with E-state index in [9.17, 15) is 39.6 Å². The quantitative estimate of drug-likeness (QED) is 0.0303. The van der Waals surface area contributed by atoms with Crippen molar-refractivity contribution in [3.63, 3.8) is 0 Å². The van der Waals surface area contributed by atoms with Crippen molar-refractivity contribution in [3.05, 3.63) is 46.6 Å². The molecule has 47 heavy (non-hydrogen) atoms. The van der Waals surface area contributed by atoms with Gasteiger partial charge in [-0.3, -0.25) is 9.59 Å². The highest BCUT2D eigenvalue weighted by Crippen LogP contribution is 2.24. The first kappa shape index (κ1) is 43.7. The van der Waals surface area contributed by atoms with Crippen LogP contribution >= 0.6 is 0 Å². The van der Waals surface area contributed by atoms with Crippen LogP contribution in [0, 0.1) is 23.7 Å². The minimum atomic E-state index is -1.34. The lowest BCUT2D eigenvalue weighted by molar-refractivity contribution is -0.169. The van der Waals surface area contributed by atoms with Crippen LogP contribution in [0.15, 0.2) is 46.6 Å². The fraction of sp³-hybridized carbons (Fsp3) is 0.667. The highest BCUT2D eigenvalue weighted by atomic mass is 16.5. The minimum Gasteiger partial charge on any atom is -0.481 e. The Kier molecular flexibility index (Phi) is 22.3. The summed E-state index contributed by atoms with van der Waals surface area (Å²) in [5.74, 6) is -6.19. The number of esters is 1. The summed E-state index contributed by atoms with van der Waals surface area (Å²) < 4.78 is 5.52. The van der Waals surface area contributed by atoms with Gasteiger partial charge in [0.25, 0.3) is 0 Å². The van der Waals surface area contributed by atoms with Gasteiger partial charge in [-0.25, -0.2) is 9.59 Å². The molecule has 11 nitrogen and oxygen atoms in total. The van der Waals surface area contributed by atoms with Crippen LogP contribution in [0.1, 0.15) is 106 Å². The Morgan fingerprint density at radius 1 is 0.617 bits per heavy atom. The summed E-state index contributed by atoms with van der Waals surface area (Å²) in [5, 5.41) is 57.7. The largest absolute Gasteiger partial charge is 0.481 e. The number of hydrogen-bond donors (Lipinski definition) is 6. The molecule has 6 atom stereocenters. The summed E-state index contributed by atoms with van der Waals surface area (Å²) >= 11 is 0. The highest BCUT2D eigenvalue weighted by Gasteiger charge is 2.35.